The molecule has 0 radical (unpaired) electrons. The first-order chi connectivity index (χ1) is 8.84. The summed E-state index contributed by atoms with van der Waals surface area (Å²) in [5, 5.41) is 18.0. The topological polar surface area (TPSA) is 94.9 Å². The number of imide groups is 1. The highest BCUT2D eigenvalue weighted by atomic mass is 19.2. The maximum atomic E-state index is 13.0. The van der Waals surface area contributed by atoms with Gasteiger partial charge in [-0.1, -0.05) is 0 Å². The van der Waals surface area contributed by atoms with Crippen LogP contribution in [0.15, 0.2) is 29.9 Å². The van der Waals surface area contributed by atoms with Gasteiger partial charge in [-0.3, -0.25) is 9.59 Å². The molecule has 0 saturated carbocycles. The summed E-state index contributed by atoms with van der Waals surface area (Å²) in [5.41, 5.74) is -0.959. The van der Waals surface area contributed by atoms with E-state index in [0.717, 1.165) is 18.2 Å². The Morgan fingerprint density at radius 2 is 1.63 bits per heavy atom. The molecule has 0 saturated heterocycles. The molecule has 19 heavy (non-hydrogen) atoms. The quantitative estimate of drug-likeness (QED) is 0.784. The van der Waals surface area contributed by atoms with Gasteiger partial charge in [0.2, 0.25) is 11.7 Å². The molecule has 0 atom stereocenters. The lowest BCUT2D eigenvalue weighted by Crippen LogP contribution is -2.31. The molecule has 1 aliphatic rings. The summed E-state index contributed by atoms with van der Waals surface area (Å²) in [5.74, 6) is -8.85. The third kappa shape index (κ3) is 1.82. The van der Waals surface area contributed by atoms with Crippen molar-refractivity contribution in [1.82, 2.24) is 0 Å². The lowest BCUT2D eigenvalue weighted by Gasteiger charge is -2.14. The molecule has 0 fully saturated rings. The Kier molecular flexibility index (Phi) is 2.78. The number of halogens is 2. The first-order valence-corrected chi connectivity index (χ1v) is 4.85. The molecule has 0 aliphatic carbocycles. The number of nitrogens with zero attached hydrogens (tertiary/aromatic N) is 1. The molecular weight excluding hydrogens is 264 g/mol. The van der Waals surface area contributed by atoms with E-state index in [0.29, 0.717) is 0 Å². The maximum Gasteiger partial charge on any atom is 0.339 e. The van der Waals surface area contributed by atoms with E-state index in [4.69, 9.17) is 5.11 Å². The molecule has 1 aromatic rings. The number of carboxylic acids is 1. The number of rotatable bonds is 2. The summed E-state index contributed by atoms with van der Waals surface area (Å²) in [6, 6.07) is 2.65. The Morgan fingerprint density at radius 1 is 1.11 bits per heavy atom. The van der Waals surface area contributed by atoms with E-state index in [1.54, 1.807) is 0 Å². The second kappa shape index (κ2) is 4.16. The minimum Gasteiger partial charge on any atom is -0.507 e. The molecule has 6 nitrogen and oxygen atoms in total. The van der Waals surface area contributed by atoms with Crippen molar-refractivity contribution < 1.29 is 33.4 Å². The first kappa shape index (κ1) is 12.7. The molecule has 1 aromatic carbocycles. The Labute approximate surface area is 104 Å². The minimum atomic E-state index is -1.84. The zero-order valence-corrected chi connectivity index (χ0v) is 9.05. The van der Waals surface area contributed by atoms with Crippen molar-refractivity contribution in [1.29, 1.82) is 0 Å². The van der Waals surface area contributed by atoms with E-state index in [1.807, 2.05) is 0 Å². The third-order valence-corrected chi connectivity index (χ3v) is 2.44. The van der Waals surface area contributed by atoms with Gasteiger partial charge in [0, 0.05) is 0 Å². The minimum absolute atomic E-state index is 0.149. The van der Waals surface area contributed by atoms with Gasteiger partial charge in [-0.25, -0.2) is 9.69 Å². The fourth-order valence-electron chi connectivity index (χ4n) is 1.55. The summed E-state index contributed by atoms with van der Waals surface area (Å²) in [6.45, 7) is 0. The summed E-state index contributed by atoms with van der Waals surface area (Å²) < 4.78 is 25.9. The van der Waals surface area contributed by atoms with Gasteiger partial charge in [0.25, 0.3) is 11.8 Å². The van der Waals surface area contributed by atoms with Crippen molar-refractivity contribution in [3.8, 4) is 5.75 Å². The lowest BCUT2D eigenvalue weighted by molar-refractivity contribution is -0.121. The summed E-state index contributed by atoms with van der Waals surface area (Å²) in [4.78, 5) is 33.6. The summed E-state index contributed by atoms with van der Waals surface area (Å²) >= 11 is 0. The van der Waals surface area contributed by atoms with Crippen molar-refractivity contribution >= 4 is 23.5 Å². The van der Waals surface area contributed by atoms with Gasteiger partial charge in [-0.15, -0.1) is 0 Å². The maximum absolute atomic E-state index is 13.0. The fraction of sp³-hybridized carbons (Fsp3) is 0. The van der Waals surface area contributed by atoms with Crippen LogP contribution >= 0.6 is 0 Å². The number of anilines is 1. The zero-order valence-electron chi connectivity index (χ0n) is 9.05. The Bertz CT molecular complexity index is 628. The highest BCUT2D eigenvalue weighted by Gasteiger charge is 2.41. The normalized spacial score (nSPS) is 15.4. The average molecular weight is 269 g/mol. The molecule has 1 aliphatic heterocycles. The second-order valence-corrected chi connectivity index (χ2v) is 3.58. The molecule has 98 valence electrons. The third-order valence-electron chi connectivity index (χ3n) is 2.44. The van der Waals surface area contributed by atoms with Crippen LogP contribution in [0.4, 0.5) is 14.5 Å². The van der Waals surface area contributed by atoms with Crippen LogP contribution in [-0.2, 0) is 9.59 Å². The monoisotopic (exact) mass is 269 g/mol. The number of carboxylic acid groups (broad SMARTS) is 1. The van der Waals surface area contributed by atoms with Gasteiger partial charge in [0.15, 0.2) is 0 Å². The van der Waals surface area contributed by atoms with Gasteiger partial charge in [-0.2, -0.15) is 8.78 Å². The van der Waals surface area contributed by atoms with E-state index in [-0.39, 0.29) is 10.6 Å². The van der Waals surface area contributed by atoms with Crippen molar-refractivity contribution in [2.24, 2.45) is 0 Å². The number of phenols is 1. The van der Waals surface area contributed by atoms with Gasteiger partial charge in [0.1, 0.15) is 11.3 Å². The summed E-state index contributed by atoms with van der Waals surface area (Å²) in [7, 11) is 0. The molecule has 2 rings (SSSR count). The van der Waals surface area contributed by atoms with Crippen LogP contribution in [0, 0.1) is 0 Å². The molecule has 8 heteroatoms. The number of benzene rings is 1. The fourth-order valence-corrected chi connectivity index (χ4v) is 1.55. The summed E-state index contributed by atoms with van der Waals surface area (Å²) in [6.07, 6.45) is 0. The van der Waals surface area contributed by atoms with E-state index in [2.05, 4.69) is 0 Å². The number of hydrogen-bond donors (Lipinski definition) is 2. The van der Waals surface area contributed by atoms with Crippen molar-refractivity contribution in [3.05, 3.63) is 35.4 Å². The zero-order chi connectivity index (χ0) is 14.3. The molecule has 0 bridgehead atoms. The highest BCUT2D eigenvalue weighted by molar-refractivity contribution is 6.31. The Morgan fingerprint density at radius 3 is 2.11 bits per heavy atom. The molecular formula is C11H5F2NO5. The van der Waals surface area contributed by atoms with Gasteiger partial charge < -0.3 is 10.2 Å². The predicted octanol–water partition coefficient (Wildman–Crippen LogP) is 1.11. The Hall–Kier alpha value is -2.77. The van der Waals surface area contributed by atoms with Gasteiger partial charge in [0.05, 0.1) is 5.69 Å². The van der Waals surface area contributed by atoms with E-state index >= 15 is 0 Å². The van der Waals surface area contributed by atoms with Gasteiger partial charge in [-0.05, 0) is 18.2 Å². The average Bonchev–Trinajstić information content (AvgIpc) is 2.55. The number of carbonyl (C=O) groups is 3. The smallest absolute Gasteiger partial charge is 0.339 e. The first-order valence-electron chi connectivity index (χ1n) is 4.85. The second-order valence-electron chi connectivity index (χ2n) is 3.58. The highest BCUT2D eigenvalue weighted by Crippen LogP contribution is 2.31. The van der Waals surface area contributed by atoms with Crippen LogP contribution in [-0.4, -0.2) is 28.0 Å². The number of hydrogen-bond acceptors (Lipinski definition) is 4. The van der Waals surface area contributed by atoms with Crippen molar-refractivity contribution in [3.63, 3.8) is 0 Å². The van der Waals surface area contributed by atoms with Crippen molar-refractivity contribution in [2.75, 3.05) is 4.90 Å². The number of amides is 2. The van der Waals surface area contributed by atoms with Crippen LogP contribution in [0.25, 0.3) is 0 Å². The number of carbonyl (C=O) groups excluding carboxylic acids is 2. The number of aromatic hydroxyl groups is 1. The van der Waals surface area contributed by atoms with Crippen LogP contribution < -0.4 is 4.90 Å². The molecule has 2 amide bonds. The Balaban J connectivity index is 2.51. The lowest BCUT2D eigenvalue weighted by atomic mass is 10.1. The number of aromatic carboxylic acids is 1. The van der Waals surface area contributed by atoms with Crippen LogP contribution in [0.1, 0.15) is 10.4 Å². The molecule has 1 heterocycles. The predicted molar refractivity (Wildman–Crippen MR) is 56.8 cm³/mol. The van der Waals surface area contributed by atoms with E-state index < -0.39 is 40.8 Å². The SMILES string of the molecule is O=C(O)c1cc(N2C(=O)C(F)=C(F)C2=O)ccc1O. The molecule has 2 N–H and O–H groups in total. The standard InChI is InChI=1S/C11H5F2NO5/c12-7-8(13)10(17)14(9(7)16)4-1-2-6(15)5(3-4)11(18)19/h1-3,15H,(H,18,19). The molecule has 0 spiro atoms. The van der Waals surface area contributed by atoms with E-state index in [9.17, 15) is 28.3 Å². The molecule has 0 aromatic heterocycles. The van der Waals surface area contributed by atoms with Crippen molar-refractivity contribution in [2.45, 2.75) is 0 Å². The largest absolute Gasteiger partial charge is 0.507 e. The van der Waals surface area contributed by atoms with Crippen LogP contribution in [0.2, 0.25) is 0 Å². The van der Waals surface area contributed by atoms with Crippen LogP contribution in [0.5, 0.6) is 5.75 Å². The molecule has 0 unspecified atom stereocenters. The van der Waals surface area contributed by atoms with E-state index in [1.165, 1.54) is 0 Å². The van der Waals surface area contributed by atoms with Crippen LogP contribution in [0.3, 0.4) is 0 Å². The van der Waals surface area contributed by atoms with Gasteiger partial charge >= 0.3 is 5.97 Å².